The number of amides is 1. The summed E-state index contributed by atoms with van der Waals surface area (Å²) in [5.74, 6) is -4.66. The minimum Gasteiger partial charge on any atom is -0.504 e. The zero-order valence-corrected chi connectivity index (χ0v) is 14.9. The third kappa shape index (κ3) is 7.62. The Labute approximate surface area is 153 Å². The van der Waals surface area contributed by atoms with Gasteiger partial charge in [-0.3, -0.25) is 14.1 Å². The summed E-state index contributed by atoms with van der Waals surface area (Å²) in [6.45, 7) is 0.155. The molecule has 0 fully saturated rings. The lowest BCUT2D eigenvalue weighted by atomic mass is 10.1. The Hall–Kier alpha value is -2.66. The van der Waals surface area contributed by atoms with Crippen LogP contribution in [0.1, 0.15) is 12.5 Å². The van der Waals surface area contributed by atoms with Crippen LogP contribution in [0.4, 0.5) is 0 Å². The third-order valence-corrected chi connectivity index (χ3v) is 4.33. The predicted octanol–water partition coefficient (Wildman–Crippen LogP) is -0.611. The number of aliphatic carboxylic acids is 2. The highest BCUT2D eigenvalue weighted by molar-refractivity contribution is 7.50. The first-order valence-corrected chi connectivity index (χ1v) is 8.97. The van der Waals surface area contributed by atoms with E-state index in [0.29, 0.717) is 0 Å². The first-order valence-electron chi connectivity index (χ1n) is 7.40. The minimum absolute atomic E-state index is 0.229. The number of benzene rings is 1. The molecule has 1 amide bonds. The molecule has 1 aromatic rings. The Morgan fingerprint density at radius 3 is 2.19 bits per heavy atom. The summed E-state index contributed by atoms with van der Waals surface area (Å²) >= 11 is 0. The molecule has 27 heavy (non-hydrogen) atoms. The molecular formula is C14H19N2O10P. The predicted molar refractivity (Wildman–Crippen MR) is 89.1 cm³/mol. The summed E-state index contributed by atoms with van der Waals surface area (Å²) in [6.07, 6.45) is -0.356. The first-order chi connectivity index (χ1) is 12.4. The molecule has 0 aliphatic rings. The highest BCUT2D eigenvalue weighted by Crippen LogP contribution is 2.38. The average molecular weight is 406 g/mol. The van der Waals surface area contributed by atoms with Crippen molar-refractivity contribution in [2.24, 2.45) is 0 Å². The van der Waals surface area contributed by atoms with Crippen molar-refractivity contribution in [2.45, 2.75) is 25.4 Å². The summed E-state index contributed by atoms with van der Waals surface area (Å²) in [6, 6.07) is 0.250. The monoisotopic (exact) mass is 406 g/mol. The molecule has 0 bridgehead atoms. The van der Waals surface area contributed by atoms with Gasteiger partial charge in [-0.15, -0.1) is 0 Å². The lowest BCUT2D eigenvalue weighted by molar-refractivity contribution is -0.142. The summed E-state index contributed by atoms with van der Waals surface area (Å²) in [4.78, 5) is 42.9. The molecular weight excluding hydrogens is 387 g/mol. The summed E-state index contributed by atoms with van der Waals surface area (Å²) < 4.78 is 16.6. The fourth-order valence-corrected chi connectivity index (χ4v) is 2.97. The lowest BCUT2D eigenvalue weighted by Gasteiger charge is -2.21. The number of carboxylic acids is 2. The second kappa shape index (κ2) is 9.33. The molecule has 3 atom stereocenters. The van der Waals surface area contributed by atoms with Gasteiger partial charge in [0.15, 0.2) is 17.5 Å². The zero-order chi connectivity index (χ0) is 20.8. The van der Waals surface area contributed by atoms with E-state index in [1.807, 2.05) is 10.4 Å². The van der Waals surface area contributed by atoms with Crippen molar-refractivity contribution in [1.82, 2.24) is 10.4 Å². The molecule has 1 rings (SSSR count). The molecule has 0 aliphatic heterocycles. The molecule has 0 spiro atoms. The molecule has 0 heterocycles. The summed E-state index contributed by atoms with van der Waals surface area (Å²) in [7, 11) is -4.76. The van der Waals surface area contributed by atoms with Crippen LogP contribution in [0.3, 0.4) is 0 Å². The number of carboxylic acid groups (broad SMARTS) is 2. The average Bonchev–Trinajstić information content (AvgIpc) is 2.53. The molecule has 1 aromatic carbocycles. The molecule has 1 unspecified atom stereocenters. The SMILES string of the molecule is CC(=O)N[C@@H](COP(=O)(O)N[C@@H](Cc1ccc(O)c(O)c1)C(=O)O)C(=O)O. The molecule has 7 N–H and O–H groups in total. The van der Waals surface area contributed by atoms with Gasteiger partial charge >= 0.3 is 19.7 Å². The molecule has 13 heteroatoms. The van der Waals surface area contributed by atoms with Gasteiger partial charge in [0, 0.05) is 6.92 Å². The normalized spacial score (nSPS) is 15.3. The van der Waals surface area contributed by atoms with E-state index in [1.165, 1.54) is 6.07 Å². The highest BCUT2D eigenvalue weighted by atomic mass is 31.2. The van der Waals surface area contributed by atoms with Crippen LogP contribution in [0.25, 0.3) is 0 Å². The maximum absolute atomic E-state index is 12.0. The van der Waals surface area contributed by atoms with Gasteiger partial charge in [0.05, 0.1) is 6.61 Å². The Morgan fingerprint density at radius 1 is 1.11 bits per heavy atom. The zero-order valence-electron chi connectivity index (χ0n) is 14.0. The maximum atomic E-state index is 12.0. The van der Waals surface area contributed by atoms with E-state index >= 15 is 0 Å². The molecule has 12 nitrogen and oxygen atoms in total. The lowest BCUT2D eigenvalue weighted by Crippen LogP contribution is -2.43. The van der Waals surface area contributed by atoms with E-state index in [2.05, 4.69) is 4.52 Å². The quantitative estimate of drug-likeness (QED) is 0.193. The second-order valence-corrected chi connectivity index (χ2v) is 7.01. The van der Waals surface area contributed by atoms with Gasteiger partial charge in [0.25, 0.3) is 0 Å². The summed E-state index contributed by atoms with van der Waals surface area (Å²) in [5, 5.41) is 40.6. The van der Waals surface area contributed by atoms with Crippen LogP contribution in [0.15, 0.2) is 18.2 Å². The Bertz CT molecular complexity index is 768. The van der Waals surface area contributed by atoms with Crippen molar-refractivity contribution in [3.8, 4) is 11.5 Å². The van der Waals surface area contributed by atoms with E-state index in [1.54, 1.807) is 0 Å². The van der Waals surface area contributed by atoms with Crippen molar-refractivity contribution in [1.29, 1.82) is 0 Å². The largest absolute Gasteiger partial charge is 0.504 e. The summed E-state index contributed by atoms with van der Waals surface area (Å²) in [5.41, 5.74) is 0.229. The van der Waals surface area contributed by atoms with Crippen LogP contribution in [0.5, 0.6) is 11.5 Å². The van der Waals surface area contributed by atoms with Crippen molar-refractivity contribution in [3.05, 3.63) is 23.8 Å². The Morgan fingerprint density at radius 2 is 1.70 bits per heavy atom. The minimum atomic E-state index is -4.76. The number of phenols is 2. The molecule has 0 saturated heterocycles. The molecule has 0 saturated carbocycles. The number of carbonyl (C=O) groups excluding carboxylic acids is 1. The van der Waals surface area contributed by atoms with Gasteiger partial charge < -0.3 is 30.6 Å². The van der Waals surface area contributed by atoms with Gasteiger partial charge in [0.1, 0.15) is 6.04 Å². The van der Waals surface area contributed by atoms with E-state index in [-0.39, 0.29) is 12.0 Å². The molecule has 0 aromatic heterocycles. The van der Waals surface area contributed by atoms with E-state index < -0.39 is 55.8 Å². The van der Waals surface area contributed by atoms with E-state index in [0.717, 1.165) is 19.1 Å². The van der Waals surface area contributed by atoms with E-state index in [4.69, 9.17) is 5.11 Å². The topological polar surface area (TPSA) is 203 Å². The van der Waals surface area contributed by atoms with Crippen LogP contribution in [-0.2, 0) is 29.9 Å². The third-order valence-electron chi connectivity index (χ3n) is 3.19. The number of nitrogens with one attached hydrogen (secondary N) is 2. The molecule has 0 aliphatic carbocycles. The Kier molecular flexibility index (Phi) is 7.73. The van der Waals surface area contributed by atoms with E-state index in [9.17, 15) is 39.2 Å². The van der Waals surface area contributed by atoms with Crippen LogP contribution < -0.4 is 10.4 Å². The number of hydrogen-bond acceptors (Lipinski definition) is 7. The van der Waals surface area contributed by atoms with Crippen LogP contribution in [0.2, 0.25) is 0 Å². The second-order valence-electron chi connectivity index (χ2n) is 5.45. The smallest absolute Gasteiger partial charge is 0.403 e. The first kappa shape index (κ1) is 22.4. The van der Waals surface area contributed by atoms with Crippen molar-refractivity contribution in [3.63, 3.8) is 0 Å². The molecule has 0 radical (unpaired) electrons. The van der Waals surface area contributed by atoms with Gasteiger partial charge in [-0.05, 0) is 24.1 Å². The van der Waals surface area contributed by atoms with Gasteiger partial charge in [0.2, 0.25) is 5.91 Å². The van der Waals surface area contributed by atoms with Crippen LogP contribution >= 0.6 is 7.75 Å². The fourth-order valence-electron chi connectivity index (χ4n) is 1.95. The van der Waals surface area contributed by atoms with Crippen LogP contribution in [0, 0.1) is 0 Å². The van der Waals surface area contributed by atoms with Gasteiger partial charge in [-0.1, -0.05) is 6.07 Å². The number of rotatable bonds is 10. The van der Waals surface area contributed by atoms with Crippen molar-refractivity contribution < 1.29 is 48.8 Å². The number of hydrogen-bond donors (Lipinski definition) is 7. The molecule has 150 valence electrons. The number of carbonyl (C=O) groups is 3. The van der Waals surface area contributed by atoms with Gasteiger partial charge in [-0.25, -0.2) is 14.4 Å². The highest BCUT2D eigenvalue weighted by Gasteiger charge is 2.31. The number of phenolic OH excluding ortho intramolecular Hbond substituents is 2. The standard InChI is InChI=1S/C14H19N2O10P/c1-7(17)15-10(14(22)23)6-26-27(24,25)16-9(13(20)21)4-8-2-3-11(18)12(19)5-8/h2-3,5,9-10,18-19H,4,6H2,1H3,(H,15,17)(H,20,21)(H,22,23)(H2,16,24,25)/t9-,10-/m0/s1. The van der Waals surface area contributed by atoms with Crippen molar-refractivity contribution in [2.75, 3.05) is 6.61 Å². The fraction of sp³-hybridized carbons (Fsp3) is 0.357. The number of aromatic hydroxyl groups is 2. The Balaban J connectivity index is 2.80. The van der Waals surface area contributed by atoms with Crippen molar-refractivity contribution >= 4 is 25.6 Å². The van der Waals surface area contributed by atoms with Gasteiger partial charge in [-0.2, -0.15) is 0 Å². The van der Waals surface area contributed by atoms with Crippen LogP contribution in [-0.4, -0.2) is 61.9 Å². The maximum Gasteiger partial charge on any atom is 0.403 e.